The van der Waals surface area contributed by atoms with Gasteiger partial charge in [0, 0.05) is 19.2 Å². The van der Waals surface area contributed by atoms with Crippen molar-refractivity contribution in [2.24, 2.45) is 4.99 Å². The van der Waals surface area contributed by atoms with E-state index in [1.807, 2.05) is 55.5 Å². The van der Waals surface area contributed by atoms with Crippen LogP contribution in [0.5, 0.6) is 0 Å². The molecule has 1 saturated heterocycles. The van der Waals surface area contributed by atoms with E-state index in [1.165, 1.54) is 22.2 Å². The van der Waals surface area contributed by atoms with Crippen LogP contribution in [0.2, 0.25) is 0 Å². The van der Waals surface area contributed by atoms with Crippen LogP contribution in [0.1, 0.15) is 37.3 Å². The van der Waals surface area contributed by atoms with E-state index in [9.17, 15) is 9.59 Å². The molecule has 6 heteroatoms. The Morgan fingerprint density at radius 3 is 2.50 bits per heavy atom. The van der Waals surface area contributed by atoms with Gasteiger partial charge in [-0.2, -0.15) is 0 Å². The largest absolute Gasteiger partial charge is 0.326 e. The molecule has 5 nitrogen and oxygen atoms in total. The summed E-state index contributed by atoms with van der Waals surface area (Å²) in [7, 11) is 1.70. The van der Waals surface area contributed by atoms with Crippen LogP contribution >= 0.6 is 11.8 Å². The normalized spacial score (nSPS) is 18.2. The van der Waals surface area contributed by atoms with E-state index in [1.54, 1.807) is 7.05 Å². The van der Waals surface area contributed by atoms with E-state index in [2.05, 4.69) is 24.2 Å². The standard InChI is InChI=1S/C22H25N3O2S/c1-14(2)16-9-11-17(12-10-16)23-20(26)13-19-21(27)25(4)22(28-19)24-18-8-6-5-7-15(18)3/h5-12,14,19H,13H2,1-4H3,(H,23,26). The van der Waals surface area contributed by atoms with E-state index < -0.39 is 5.25 Å². The Bertz CT molecular complexity index is 906. The number of amidine groups is 1. The molecule has 0 bridgehead atoms. The number of hydrogen-bond acceptors (Lipinski definition) is 4. The van der Waals surface area contributed by atoms with Gasteiger partial charge >= 0.3 is 0 Å². The van der Waals surface area contributed by atoms with Crippen molar-refractivity contribution in [3.8, 4) is 0 Å². The molecular formula is C22H25N3O2S. The molecule has 1 atom stereocenters. The summed E-state index contributed by atoms with van der Waals surface area (Å²) in [6.45, 7) is 6.24. The third kappa shape index (κ3) is 4.62. The van der Waals surface area contributed by atoms with Gasteiger partial charge < -0.3 is 5.32 Å². The number of amides is 2. The number of hydrogen-bond donors (Lipinski definition) is 1. The second-order valence-corrected chi connectivity index (χ2v) is 8.38. The first-order valence-corrected chi connectivity index (χ1v) is 10.2. The lowest BCUT2D eigenvalue weighted by molar-refractivity contribution is -0.127. The Hall–Kier alpha value is -2.60. The van der Waals surface area contributed by atoms with Gasteiger partial charge in [-0.15, -0.1) is 0 Å². The average molecular weight is 396 g/mol. The number of carbonyl (C=O) groups is 2. The minimum Gasteiger partial charge on any atom is -0.326 e. The summed E-state index contributed by atoms with van der Waals surface area (Å²) in [6.07, 6.45) is 0.118. The molecule has 28 heavy (non-hydrogen) atoms. The highest BCUT2D eigenvalue weighted by atomic mass is 32.2. The van der Waals surface area contributed by atoms with Crippen molar-refractivity contribution in [3.05, 3.63) is 59.7 Å². The Balaban J connectivity index is 1.65. The van der Waals surface area contributed by atoms with Gasteiger partial charge in [-0.3, -0.25) is 14.5 Å². The average Bonchev–Trinajstić information content (AvgIpc) is 2.92. The molecule has 2 aromatic rings. The highest BCUT2D eigenvalue weighted by molar-refractivity contribution is 8.15. The maximum atomic E-state index is 12.5. The minimum atomic E-state index is -0.456. The molecule has 1 unspecified atom stereocenters. The van der Waals surface area contributed by atoms with Gasteiger partial charge in [-0.25, -0.2) is 4.99 Å². The number of nitrogens with one attached hydrogen (secondary N) is 1. The molecule has 146 valence electrons. The fourth-order valence-corrected chi connectivity index (χ4v) is 4.07. The summed E-state index contributed by atoms with van der Waals surface area (Å²) in [5, 5.41) is 3.05. The highest BCUT2D eigenvalue weighted by Gasteiger charge is 2.37. The minimum absolute atomic E-state index is 0.0948. The molecule has 2 aromatic carbocycles. The number of para-hydroxylation sites is 1. The van der Waals surface area contributed by atoms with E-state index in [-0.39, 0.29) is 18.2 Å². The van der Waals surface area contributed by atoms with Gasteiger partial charge in [0.05, 0.1) is 5.69 Å². The number of benzene rings is 2. The van der Waals surface area contributed by atoms with Crippen LogP contribution in [-0.4, -0.2) is 34.2 Å². The molecule has 1 aliphatic rings. The van der Waals surface area contributed by atoms with Crippen molar-refractivity contribution >= 4 is 40.1 Å². The third-order valence-electron chi connectivity index (χ3n) is 4.70. The van der Waals surface area contributed by atoms with Crippen LogP contribution in [0.15, 0.2) is 53.5 Å². The molecule has 1 fully saturated rings. The first kappa shape index (κ1) is 20.1. The second kappa shape index (κ2) is 8.61. The van der Waals surface area contributed by atoms with E-state index in [0.29, 0.717) is 11.1 Å². The topological polar surface area (TPSA) is 61.8 Å². The third-order valence-corrected chi connectivity index (χ3v) is 5.93. The maximum Gasteiger partial charge on any atom is 0.242 e. The molecule has 0 aromatic heterocycles. The summed E-state index contributed by atoms with van der Waals surface area (Å²) in [5.74, 6) is 0.176. The first-order chi connectivity index (χ1) is 13.3. The number of carbonyl (C=O) groups excluding carboxylic acids is 2. The van der Waals surface area contributed by atoms with E-state index in [4.69, 9.17) is 0 Å². The number of aliphatic imine (C=N–C) groups is 1. The molecule has 0 spiro atoms. The smallest absolute Gasteiger partial charge is 0.242 e. The summed E-state index contributed by atoms with van der Waals surface area (Å²) >= 11 is 1.34. The second-order valence-electron chi connectivity index (χ2n) is 7.21. The van der Waals surface area contributed by atoms with Gasteiger partial charge in [0.25, 0.3) is 0 Å². The lowest BCUT2D eigenvalue weighted by Gasteiger charge is -2.10. The Kier molecular flexibility index (Phi) is 6.19. The summed E-state index contributed by atoms with van der Waals surface area (Å²) < 4.78 is 0. The van der Waals surface area contributed by atoms with Crippen molar-refractivity contribution in [3.63, 3.8) is 0 Å². The molecule has 1 N–H and O–H groups in total. The van der Waals surface area contributed by atoms with Crippen LogP contribution in [0.25, 0.3) is 0 Å². The van der Waals surface area contributed by atoms with Crippen molar-refractivity contribution in [1.82, 2.24) is 4.90 Å². The Morgan fingerprint density at radius 1 is 1.18 bits per heavy atom. The molecule has 2 amide bonds. The number of anilines is 1. The predicted molar refractivity (Wildman–Crippen MR) is 116 cm³/mol. The van der Waals surface area contributed by atoms with Crippen molar-refractivity contribution in [2.75, 3.05) is 12.4 Å². The number of aryl methyl sites for hydroxylation is 1. The summed E-state index contributed by atoms with van der Waals surface area (Å²) in [5.41, 5.74) is 3.84. The number of thioether (sulfide) groups is 1. The fourth-order valence-electron chi connectivity index (χ4n) is 2.92. The van der Waals surface area contributed by atoms with Crippen LogP contribution < -0.4 is 5.32 Å². The molecule has 1 aliphatic heterocycles. The molecular weight excluding hydrogens is 370 g/mol. The molecule has 0 aliphatic carbocycles. The molecule has 0 radical (unpaired) electrons. The molecule has 0 saturated carbocycles. The van der Waals surface area contributed by atoms with E-state index in [0.717, 1.165) is 16.9 Å². The van der Waals surface area contributed by atoms with E-state index >= 15 is 0 Å². The quantitative estimate of drug-likeness (QED) is 0.798. The SMILES string of the molecule is Cc1ccccc1N=C1SC(CC(=O)Nc2ccc(C(C)C)cc2)C(=O)N1C. The van der Waals surface area contributed by atoms with Gasteiger partial charge in [0.15, 0.2) is 5.17 Å². The first-order valence-electron chi connectivity index (χ1n) is 9.33. The monoisotopic (exact) mass is 395 g/mol. The maximum absolute atomic E-state index is 12.5. The number of rotatable bonds is 5. The molecule has 3 rings (SSSR count). The fraction of sp³-hybridized carbons (Fsp3) is 0.318. The van der Waals surface area contributed by atoms with Crippen molar-refractivity contribution in [2.45, 2.75) is 38.4 Å². The zero-order chi connectivity index (χ0) is 20.3. The zero-order valence-corrected chi connectivity index (χ0v) is 17.4. The summed E-state index contributed by atoms with van der Waals surface area (Å²) in [4.78, 5) is 31.1. The predicted octanol–water partition coefficient (Wildman–Crippen LogP) is 4.71. The van der Waals surface area contributed by atoms with Crippen molar-refractivity contribution in [1.29, 1.82) is 0 Å². The lowest BCUT2D eigenvalue weighted by Crippen LogP contribution is -2.30. The van der Waals surface area contributed by atoms with Crippen LogP contribution in [0, 0.1) is 6.92 Å². The summed E-state index contributed by atoms with van der Waals surface area (Å²) in [6, 6.07) is 15.6. The number of nitrogens with zero attached hydrogens (tertiary/aromatic N) is 2. The van der Waals surface area contributed by atoms with Crippen molar-refractivity contribution < 1.29 is 9.59 Å². The van der Waals surface area contributed by atoms with Crippen LogP contribution in [0.4, 0.5) is 11.4 Å². The molecule has 1 heterocycles. The Labute approximate surface area is 170 Å². The lowest BCUT2D eigenvalue weighted by atomic mass is 10.0. The van der Waals surface area contributed by atoms with Gasteiger partial charge in [-0.1, -0.05) is 55.9 Å². The van der Waals surface area contributed by atoms with Crippen LogP contribution in [-0.2, 0) is 9.59 Å². The highest BCUT2D eigenvalue weighted by Crippen LogP contribution is 2.31. The Morgan fingerprint density at radius 2 is 1.86 bits per heavy atom. The van der Waals surface area contributed by atoms with Crippen LogP contribution in [0.3, 0.4) is 0 Å². The van der Waals surface area contributed by atoms with Gasteiger partial charge in [0.1, 0.15) is 5.25 Å². The van der Waals surface area contributed by atoms with Gasteiger partial charge in [0.2, 0.25) is 11.8 Å². The van der Waals surface area contributed by atoms with Gasteiger partial charge in [-0.05, 0) is 42.2 Å². The zero-order valence-electron chi connectivity index (χ0n) is 16.6.